The number of carbonyl (C=O) groups is 2. The highest BCUT2D eigenvalue weighted by Crippen LogP contribution is 2.31. The van der Waals surface area contributed by atoms with Crippen molar-refractivity contribution in [1.82, 2.24) is 10.3 Å². The molecule has 2 heterocycles. The Morgan fingerprint density at radius 3 is 2.64 bits per heavy atom. The zero-order valence-electron chi connectivity index (χ0n) is 15.8. The first kappa shape index (κ1) is 20.2. The van der Waals surface area contributed by atoms with Gasteiger partial charge in [-0.25, -0.2) is 4.98 Å². The lowest BCUT2D eigenvalue weighted by Crippen LogP contribution is -2.35. The maximum Gasteiger partial charge on any atom is 0.311 e. The topological polar surface area (TPSA) is 68.3 Å². The Morgan fingerprint density at radius 1 is 1.18 bits per heavy atom. The lowest BCUT2D eigenvalue weighted by molar-refractivity contribution is -0.147. The molecule has 0 aliphatic heterocycles. The average molecular weight is 415 g/mol. The van der Waals surface area contributed by atoms with E-state index in [-0.39, 0.29) is 18.4 Å². The van der Waals surface area contributed by atoms with Crippen molar-refractivity contribution in [3.05, 3.63) is 64.0 Å². The smallest absolute Gasteiger partial charge is 0.311 e. The van der Waals surface area contributed by atoms with E-state index in [1.165, 1.54) is 11.3 Å². The normalized spacial score (nSPS) is 11.8. The van der Waals surface area contributed by atoms with Crippen LogP contribution in [0.25, 0.3) is 9.88 Å². The van der Waals surface area contributed by atoms with Crippen LogP contribution in [0.1, 0.15) is 27.9 Å². The van der Waals surface area contributed by atoms with E-state index >= 15 is 0 Å². The highest BCUT2D eigenvalue weighted by Gasteiger charge is 2.23. The number of carbonyl (C=O) groups excluding carboxylic acids is 2. The van der Waals surface area contributed by atoms with Crippen LogP contribution in [-0.4, -0.2) is 30.0 Å². The number of benzene rings is 1. The van der Waals surface area contributed by atoms with Gasteiger partial charge in [-0.3, -0.25) is 9.59 Å². The molecule has 1 aromatic carbocycles. The van der Waals surface area contributed by atoms with Crippen molar-refractivity contribution in [1.29, 1.82) is 0 Å². The molecule has 5 nitrogen and oxygen atoms in total. The van der Waals surface area contributed by atoms with Crippen LogP contribution in [0.4, 0.5) is 0 Å². The van der Waals surface area contributed by atoms with Crippen molar-refractivity contribution in [2.45, 2.75) is 20.3 Å². The van der Waals surface area contributed by atoms with Crippen LogP contribution in [0.15, 0.2) is 47.8 Å². The van der Waals surface area contributed by atoms with Gasteiger partial charge in [-0.2, -0.15) is 0 Å². The van der Waals surface area contributed by atoms with Gasteiger partial charge in [0.25, 0.3) is 5.91 Å². The van der Waals surface area contributed by atoms with Gasteiger partial charge < -0.3 is 10.1 Å². The molecular formula is C21H22N2O3S2. The van der Waals surface area contributed by atoms with Gasteiger partial charge in [0.1, 0.15) is 9.88 Å². The van der Waals surface area contributed by atoms with Crippen molar-refractivity contribution in [2.24, 2.45) is 5.92 Å². The molecule has 146 valence electrons. The first-order valence-corrected chi connectivity index (χ1v) is 10.8. The minimum absolute atomic E-state index is 0.208. The molecule has 0 saturated heterocycles. The molecule has 0 fully saturated rings. The summed E-state index contributed by atoms with van der Waals surface area (Å²) in [5, 5.41) is 5.71. The van der Waals surface area contributed by atoms with Crippen molar-refractivity contribution < 1.29 is 14.3 Å². The Bertz CT molecular complexity index is 921. The van der Waals surface area contributed by atoms with Crippen molar-refractivity contribution >= 4 is 34.6 Å². The number of amides is 1. The quantitative estimate of drug-likeness (QED) is 0.557. The van der Waals surface area contributed by atoms with E-state index < -0.39 is 5.92 Å². The summed E-state index contributed by atoms with van der Waals surface area (Å²) < 4.78 is 5.19. The minimum atomic E-state index is -0.434. The van der Waals surface area contributed by atoms with Gasteiger partial charge >= 0.3 is 5.97 Å². The second kappa shape index (κ2) is 9.61. The number of hydrogen-bond acceptors (Lipinski definition) is 6. The summed E-state index contributed by atoms with van der Waals surface area (Å²) in [5.74, 6) is -0.941. The molecule has 1 unspecified atom stereocenters. The number of rotatable bonds is 8. The number of aromatic nitrogens is 1. The summed E-state index contributed by atoms with van der Waals surface area (Å²) in [7, 11) is 0. The molecule has 1 atom stereocenters. The molecule has 1 N–H and O–H groups in total. The molecule has 0 spiro atoms. The van der Waals surface area contributed by atoms with E-state index in [0.717, 1.165) is 15.4 Å². The molecule has 3 rings (SSSR count). The molecule has 1 amide bonds. The summed E-state index contributed by atoms with van der Waals surface area (Å²) >= 11 is 2.96. The summed E-state index contributed by atoms with van der Waals surface area (Å²) in [6, 6.07) is 13.7. The standard InChI is InChI=1S/C21H22N2O3S2/c1-3-26-21(25)16(12-15-8-5-4-6-9-15)13-22-19(24)18-14(2)23-20(28-18)17-10-7-11-27-17/h4-11,16H,3,12-13H2,1-2H3,(H,22,24). The van der Waals surface area contributed by atoms with Gasteiger partial charge in [-0.15, -0.1) is 22.7 Å². The molecule has 0 aliphatic carbocycles. The number of nitrogens with one attached hydrogen (secondary N) is 1. The van der Waals surface area contributed by atoms with Crippen LogP contribution < -0.4 is 5.32 Å². The van der Waals surface area contributed by atoms with Gasteiger partial charge in [-0.1, -0.05) is 36.4 Å². The third-order valence-electron chi connectivity index (χ3n) is 4.19. The third kappa shape index (κ3) is 5.05. The highest BCUT2D eigenvalue weighted by atomic mass is 32.1. The number of esters is 1. The number of aryl methyl sites for hydroxylation is 1. The molecule has 28 heavy (non-hydrogen) atoms. The molecular weight excluding hydrogens is 392 g/mol. The minimum Gasteiger partial charge on any atom is -0.466 e. The second-order valence-corrected chi connectivity index (χ2v) is 8.21. The Hall–Kier alpha value is -2.51. The number of thiazole rings is 1. The van der Waals surface area contributed by atoms with E-state index in [4.69, 9.17) is 4.74 Å². The molecule has 0 bridgehead atoms. The van der Waals surface area contributed by atoms with Crippen molar-refractivity contribution in [2.75, 3.05) is 13.2 Å². The number of thiophene rings is 1. The van der Waals surface area contributed by atoms with Crippen molar-refractivity contribution in [3.63, 3.8) is 0 Å². The molecule has 3 aromatic rings. The molecule has 2 aromatic heterocycles. The van der Waals surface area contributed by atoms with Crippen LogP contribution in [0, 0.1) is 12.8 Å². The van der Waals surface area contributed by atoms with Gasteiger partial charge in [-0.05, 0) is 37.3 Å². The van der Waals surface area contributed by atoms with Gasteiger partial charge in [0.05, 0.1) is 23.1 Å². The van der Waals surface area contributed by atoms with E-state index in [9.17, 15) is 9.59 Å². The van der Waals surface area contributed by atoms with Crippen molar-refractivity contribution in [3.8, 4) is 9.88 Å². The summed E-state index contributed by atoms with van der Waals surface area (Å²) in [6.07, 6.45) is 0.516. The lowest BCUT2D eigenvalue weighted by Gasteiger charge is -2.16. The van der Waals surface area contributed by atoms with Gasteiger partial charge in [0.2, 0.25) is 0 Å². The summed E-state index contributed by atoms with van der Waals surface area (Å²) in [4.78, 5) is 31.2. The van der Waals surface area contributed by atoms with E-state index in [1.807, 2.05) is 54.8 Å². The number of ether oxygens (including phenoxy) is 1. The fraction of sp³-hybridized carbons (Fsp3) is 0.286. The zero-order valence-corrected chi connectivity index (χ0v) is 17.4. The second-order valence-electron chi connectivity index (χ2n) is 6.26. The molecule has 0 aliphatic rings. The van der Waals surface area contributed by atoms with E-state index in [0.29, 0.717) is 23.6 Å². The summed E-state index contributed by atoms with van der Waals surface area (Å²) in [5.41, 5.74) is 1.73. The molecule has 0 saturated carbocycles. The van der Waals surface area contributed by atoms with Crippen LogP contribution in [0.5, 0.6) is 0 Å². The Balaban J connectivity index is 1.68. The fourth-order valence-electron chi connectivity index (χ4n) is 2.81. The highest BCUT2D eigenvalue weighted by molar-refractivity contribution is 7.22. The molecule has 7 heteroatoms. The SMILES string of the molecule is CCOC(=O)C(CNC(=O)c1sc(-c2cccs2)nc1C)Cc1ccccc1. The van der Waals surface area contributed by atoms with Gasteiger partial charge in [0, 0.05) is 6.54 Å². The number of nitrogens with zero attached hydrogens (tertiary/aromatic N) is 1. The van der Waals surface area contributed by atoms with Crippen LogP contribution >= 0.6 is 22.7 Å². The summed E-state index contributed by atoms with van der Waals surface area (Å²) in [6.45, 7) is 4.15. The predicted octanol–water partition coefficient (Wildman–Crippen LogP) is 4.33. The maximum absolute atomic E-state index is 12.7. The fourth-order valence-corrected chi connectivity index (χ4v) is 4.59. The zero-order chi connectivity index (χ0) is 19.9. The predicted molar refractivity (Wildman–Crippen MR) is 113 cm³/mol. The van der Waals surface area contributed by atoms with E-state index in [1.54, 1.807) is 18.3 Å². The van der Waals surface area contributed by atoms with Crippen LogP contribution in [-0.2, 0) is 16.0 Å². The monoisotopic (exact) mass is 414 g/mol. The van der Waals surface area contributed by atoms with Crippen LogP contribution in [0.2, 0.25) is 0 Å². The lowest BCUT2D eigenvalue weighted by atomic mass is 9.99. The average Bonchev–Trinajstić information content (AvgIpc) is 3.35. The largest absolute Gasteiger partial charge is 0.466 e. The first-order chi connectivity index (χ1) is 13.6. The first-order valence-electron chi connectivity index (χ1n) is 9.08. The Kier molecular flexibility index (Phi) is 6.95. The van der Waals surface area contributed by atoms with Gasteiger partial charge in [0.15, 0.2) is 0 Å². The Labute approximate surface area is 172 Å². The molecule has 0 radical (unpaired) electrons. The van der Waals surface area contributed by atoms with E-state index in [2.05, 4.69) is 10.3 Å². The Morgan fingerprint density at radius 2 is 1.96 bits per heavy atom. The third-order valence-corrected chi connectivity index (χ3v) is 6.38. The number of hydrogen-bond donors (Lipinski definition) is 1. The van der Waals surface area contributed by atoms with Crippen LogP contribution in [0.3, 0.4) is 0 Å². The maximum atomic E-state index is 12.7.